The topological polar surface area (TPSA) is 23.8 Å². The van der Waals surface area contributed by atoms with Crippen molar-refractivity contribution in [2.75, 3.05) is 0 Å². The molecule has 0 aromatic carbocycles. The molecule has 0 aromatic rings. The first kappa shape index (κ1) is 10.1. The van der Waals surface area contributed by atoms with Gasteiger partial charge in [-0.25, -0.2) is 0 Å². The molecule has 0 atom stereocenters. The molecule has 0 bridgehead atoms. The Morgan fingerprint density at radius 2 is 1.40 bits per heavy atom. The van der Waals surface area contributed by atoms with Crippen LogP contribution in [0.15, 0.2) is 0 Å². The molecule has 0 aliphatic rings. The van der Waals surface area contributed by atoms with Crippen LogP contribution in [0.2, 0.25) is 0 Å². The first-order valence-corrected chi connectivity index (χ1v) is 1.44. The monoisotopic (exact) mass is 191 g/mol. The molecule has 0 unspecified atom stereocenters. The average Bonchev–Trinajstić information content (AvgIpc) is 0.811. The zero-order valence-corrected chi connectivity index (χ0v) is 10.4. The van der Waals surface area contributed by atoms with Crippen LogP contribution >= 0.6 is 0 Å². The number of rotatable bonds is 0. The third-order valence-corrected chi connectivity index (χ3v) is 0. The number of hydrogen-bond acceptors (Lipinski definition) is 0. The van der Waals surface area contributed by atoms with Gasteiger partial charge in [-0.1, -0.05) is 13.8 Å². The van der Waals surface area contributed by atoms with E-state index in [1.165, 1.54) is 0 Å². The summed E-state index contributed by atoms with van der Waals surface area (Å²) in [5.74, 6) is 0. The van der Waals surface area contributed by atoms with Gasteiger partial charge in [0.2, 0.25) is 0 Å². The summed E-state index contributed by atoms with van der Waals surface area (Å²) in [7, 11) is 0. The minimum absolute atomic E-state index is 0. The Morgan fingerprint density at radius 1 is 1.40 bits per heavy atom. The van der Waals surface area contributed by atoms with Crippen LogP contribution in [0.1, 0.15) is 13.8 Å². The van der Waals surface area contributed by atoms with E-state index in [0.29, 0.717) is 0 Å². The Bertz CT molecular complexity index is 11.6. The van der Waals surface area contributed by atoms with E-state index in [-0.39, 0.29) is 74.9 Å². The quantitative estimate of drug-likeness (QED) is 0.442. The second-order valence-electron chi connectivity index (χ2n) is 1.15. The molecular formula is C3H8CsN. The van der Waals surface area contributed by atoms with E-state index >= 15 is 0 Å². The summed E-state index contributed by atoms with van der Waals surface area (Å²) >= 11 is 0. The predicted octanol–water partition coefficient (Wildman–Crippen LogP) is -1.55. The molecule has 2 heteroatoms. The van der Waals surface area contributed by atoms with Gasteiger partial charge in [0.05, 0.1) is 0 Å². The standard InChI is InChI=1S/C3H8N.Cs/c1-3(2)4;/h3-4H,1-2H3;/q-1;+1. The van der Waals surface area contributed by atoms with E-state index < -0.39 is 0 Å². The maximum absolute atomic E-state index is 6.58. The van der Waals surface area contributed by atoms with Gasteiger partial charge in [-0.2, -0.15) is 0 Å². The molecule has 1 N–H and O–H groups in total. The van der Waals surface area contributed by atoms with E-state index in [0.717, 1.165) is 0 Å². The van der Waals surface area contributed by atoms with Crippen LogP contribution in [0, 0.1) is 0 Å². The molecule has 0 radical (unpaired) electrons. The van der Waals surface area contributed by atoms with Crippen molar-refractivity contribution in [3.05, 3.63) is 5.73 Å². The Morgan fingerprint density at radius 3 is 1.40 bits per heavy atom. The van der Waals surface area contributed by atoms with Gasteiger partial charge < -0.3 is 5.73 Å². The van der Waals surface area contributed by atoms with Gasteiger partial charge in [0.1, 0.15) is 0 Å². The molecule has 0 spiro atoms. The predicted molar refractivity (Wildman–Crippen MR) is 19.5 cm³/mol. The summed E-state index contributed by atoms with van der Waals surface area (Å²) in [6.45, 7) is 3.67. The Labute approximate surface area is 92.1 Å². The SMILES string of the molecule is CC(C)[NH-].[Cs+]. The fourth-order valence-corrected chi connectivity index (χ4v) is 0. The fourth-order valence-electron chi connectivity index (χ4n) is 0. The van der Waals surface area contributed by atoms with Crippen molar-refractivity contribution < 1.29 is 68.9 Å². The summed E-state index contributed by atoms with van der Waals surface area (Å²) in [4.78, 5) is 0. The van der Waals surface area contributed by atoms with Crippen molar-refractivity contribution in [3.8, 4) is 0 Å². The molecule has 26 valence electrons. The molecule has 0 saturated heterocycles. The van der Waals surface area contributed by atoms with Gasteiger partial charge in [0.15, 0.2) is 0 Å². The summed E-state index contributed by atoms with van der Waals surface area (Å²) in [6, 6.07) is 0.0833. The summed E-state index contributed by atoms with van der Waals surface area (Å²) in [6.07, 6.45) is 0. The Balaban J connectivity index is 0. The zero-order chi connectivity index (χ0) is 3.58. The van der Waals surface area contributed by atoms with Crippen LogP contribution in [-0.2, 0) is 0 Å². The summed E-state index contributed by atoms with van der Waals surface area (Å²) in [5, 5.41) is 0. The first-order chi connectivity index (χ1) is 1.73. The van der Waals surface area contributed by atoms with E-state index in [2.05, 4.69) is 0 Å². The smallest absolute Gasteiger partial charge is 0.675 e. The van der Waals surface area contributed by atoms with Crippen LogP contribution in [-0.4, -0.2) is 6.04 Å². The molecule has 0 aliphatic heterocycles. The van der Waals surface area contributed by atoms with Crippen LogP contribution in [0.5, 0.6) is 0 Å². The van der Waals surface area contributed by atoms with Crippen molar-refractivity contribution in [2.24, 2.45) is 0 Å². The largest absolute Gasteiger partial charge is 1.00 e. The van der Waals surface area contributed by atoms with Gasteiger partial charge in [0, 0.05) is 0 Å². The Hall–Kier alpha value is 2.01. The van der Waals surface area contributed by atoms with Gasteiger partial charge >= 0.3 is 68.9 Å². The third-order valence-electron chi connectivity index (χ3n) is 0. The Kier molecular flexibility index (Phi) is 12.1. The molecule has 0 aliphatic carbocycles. The van der Waals surface area contributed by atoms with Crippen LogP contribution in [0.3, 0.4) is 0 Å². The van der Waals surface area contributed by atoms with Gasteiger partial charge in [0.25, 0.3) is 0 Å². The van der Waals surface area contributed by atoms with Crippen molar-refractivity contribution in [1.82, 2.24) is 0 Å². The van der Waals surface area contributed by atoms with Crippen molar-refractivity contribution in [1.29, 1.82) is 0 Å². The molecular weight excluding hydrogens is 183 g/mol. The zero-order valence-electron chi connectivity index (χ0n) is 4.08. The van der Waals surface area contributed by atoms with Gasteiger partial charge in [-0.05, 0) is 0 Å². The normalized spacial score (nSPS) is 7.20. The second-order valence-corrected chi connectivity index (χ2v) is 1.15. The van der Waals surface area contributed by atoms with Crippen LogP contribution < -0.4 is 68.9 Å². The van der Waals surface area contributed by atoms with E-state index in [4.69, 9.17) is 5.73 Å². The molecule has 1 nitrogen and oxygen atoms in total. The van der Waals surface area contributed by atoms with E-state index in [9.17, 15) is 0 Å². The van der Waals surface area contributed by atoms with Crippen molar-refractivity contribution in [3.63, 3.8) is 0 Å². The van der Waals surface area contributed by atoms with Crippen LogP contribution in [0.4, 0.5) is 0 Å². The molecule has 0 heterocycles. The first-order valence-electron chi connectivity index (χ1n) is 1.44. The van der Waals surface area contributed by atoms with Crippen molar-refractivity contribution >= 4 is 0 Å². The minimum Gasteiger partial charge on any atom is -0.675 e. The number of hydrogen-bond donors (Lipinski definition) is 0. The van der Waals surface area contributed by atoms with Crippen LogP contribution in [0.25, 0.3) is 5.73 Å². The molecule has 5 heavy (non-hydrogen) atoms. The maximum Gasteiger partial charge on any atom is 1.00 e. The molecule has 0 fully saturated rings. The second kappa shape index (κ2) is 6.01. The van der Waals surface area contributed by atoms with Gasteiger partial charge in [-0.15, -0.1) is 6.04 Å². The summed E-state index contributed by atoms with van der Waals surface area (Å²) in [5.41, 5.74) is 6.58. The molecule has 0 aromatic heterocycles. The molecule has 0 rings (SSSR count). The average molecular weight is 191 g/mol. The molecule has 0 amide bonds. The maximum atomic E-state index is 6.58. The fraction of sp³-hybridized carbons (Fsp3) is 1.00. The van der Waals surface area contributed by atoms with Crippen molar-refractivity contribution in [2.45, 2.75) is 19.9 Å². The number of nitrogens with one attached hydrogen (secondary N) is 1. The molecule has 0 saturated carbocycles. The third kappa shape index (κ3) is 23.9. The van der Waals surface area contributed by atoms with E-state index in [1.54, 1.807) is 0 Å². The minimum atomic E-state index is 0. The summed E-state index contributed by atoms with van der Waals surface area (Å²) < 4.78 is 0. The van der Waals surface area contributed by atoms with Gasteiger partial charge in [-0.3, -0.25) is 0 Å². The van der Waals surface area contributed by atoms with E-state index in [1.807, 2.05) is 13.8 Å².